The minimum atomic E-state index is -0.489. The van der Waals surface area contributed by atoms with Crippen LogP contribution in [0.15, 0.2) is 66.2 Å². The first-order chi connectivity index (χ1) is 16.6. The number of benzene rings is 3. The van der Waals surface area contributed by atoms with Crippen LogP contribution in [-0.2, 0) is 17.9 Å². The highest BCUT2D eigenvalue weighted by Crippen LogP contribution is 2.32. The van der Waals surface area contributed by atoms with E-state index in [9.17, 15) is 10.1 Å². The molecule has 1 aliphatic rings. The van der Waals surface area contributed by atoms with Gasteiger partial charge in [-0.15, -0.1) is 0 Å². The van der Waals surface area contributed by atoms with E-state index in [1.54, 1.807) is 43.5 Å². The lowest BCUT2D eigenvalue weighted by Gasteiger charge is -2.12. The summed E-state index contributed by atoms with van der Waals surface area (Å²) in [5, 5.41) is 12.9. The average Bonchev–Trinajstić information content (AvgIpc) is 3.32. The number of nitrogens with zero attached hydrogens (tertiary/aromatic N) is 1. The summed E-state index contributed by atoms with van der Waals surface area (Å²) in [5.41, 5.74) is 2.32. The summed E-state index contributed by atoms with van der Waals surface area (Å²) in [6, 6.07) is 19.9. The summed E-state index contributed by atoms with van der Waals surface area (Å²) in [4.78, 5) is 12.6. The molecule has 1 aliphatic heterocycles. The first kappa shape index (κ1) is 23.0. The topological polar surface area (TPSA) is 89.8 Å². The summed E-state index contributed by atoms with van der Waals surface area (Å²) < 4.78 is 21.9. The Hall–Kier alpha value is -4.15. The Bertz CT molecular complexity index is 1280. The molecule has 1 heterocycles. The van der Waals surface area contributed by atoms with Crippen molar-refractivity contribution in [1.82, 2.24) is 5.32 Å². The van der Waals surface area contributed by atoms with Crippen molar-refractivity contribution >= 4 is 23.6 Å². The van der Waals surface area contributed by atoms with Crippen LogP contribution in [0.4, 0.5) is 0 Å². The number of hydrogen-bond donors (Lipinski definition) is 1. The minimum absolute atomic E-state index is 0.0355. The summed E-state index contributed by atoms with van der Waals surface area (Å²) in [5.74, 6) is 1.82. The highest BCUT2D eigenvalue weighted by atomic mass is 35.5. The van der Waals surface area contributed by atoms with Crippen molar-refractivity contribution in [2.45, 2.75) is 13.2 Å². The standard InChI is InChI=1S/C26H21ClN2O5/c1-31-22-7-5-17(11-24(22)32-15-19-3-2-4-21(27)10-19)9-20(13-28)26(30)29-14-18-6-8-23-25(12-18)34-16-33-23/h2-12H,14-16H2,1H3,(H,29,30)/b20-9+. The summed E-state index contributed by atoms with van der Waals surface area (Å²) in [7, 11) is 1.54. The van der Waals surface area contributed by atoms with Crippen LogP contribution in [-0.4, -0.2) is 19.8 Å². The molecule has 7 nitrogen and oxygen atoms in total. The van der Waals surface area contributed by atoms with Crippen LogP contribution in [0.3, 0.4) is 0 Å². The van der Waals surface area contributed by atoms with E-state index >= 15 is 0 Å². The molecule has 0 fully saturated rings. The van der Waals surface area contributed by atoms with Crippen molar-refractivity contribution in [2.24, 2.45) is 0 Å². The summed E-state index contributed by atoms with van der Waals surface area (Å²) in [6.07, 6.45) is 1.50. The quantitative estimate of drug-likeness (QED) is 0.368. The van der Waals surface area contributed by atoms with Crippen LogP contribution >= 0.6 is 11.6 Å². The molecule has 3 aromatic carbocycles. The van der Waals surface area contributed by atoms with Gasteiger partial charge in [-0.05, 0) is 59.2 Å². The molecule has 34 heavy (non-hydrogen) atoms. The van der Waals surface area contributed by atoms with Crippen LogP contribution in [0.1, 0.15) is 16.7 Å². The molecular formula is C26H21ClN2O5. The Labute approximate surface area is 202 Å². The maximum atomic E-state index is 12.6. The monoisotopic (exact) mass is 476 g/mol. The number of rotatable bonds is 8. The van der Waals surface area contributed by atoms with E-state index in [1.807, 2.05) is 30.3 Å². The second-order valence-corrected chi connectivity index (χ2v) is 7.81. The van der Waals surface area contributed by atoms with Gasteiger partial charge in [0.05, 0.1) is 7.11 Å². The average molecular weight is 477 g/mol. The number of carbonyl (C=O) groups is 1. The fourth-order valence-corrected chi connectivity index (χ4v) is 3.54. The molecule has 0 aliphatic carbocycles. The van der Waals surface area contributed by atoms with Gasteiger partial charge < -0.3 is 24.3 Å². The Kier molecular flexibility index (Phi) is 7.21. The predicted octanol–water partition coefficient (Wildman–Crippen LogP) is 4.88. The first-order valence-electron chi connectivity index (χ1n) is 10.4. The minimum Gasteiger partial charge on any atom is -0.493 e. The fraction of sp³-hybridized carbons (Fsp3) is 0.154. The predicted molar refractivity (Wildman–Crippen MR) is 127 cm³/mol. The fourth-order valence-electron chi connectivity index (χ4n) is 3.33. The second-order valence-electron chi connectivity index (χ2n) is 7.37. The number of halogens is 1. The van der Waals surface area contributed by atoms with Crippen molar-refractivity contribution in [3.63, 3.8) is 0 Å². The van der Waals surface area contributed by atoms with E-state index in [-0.39, 0.29) is 25.5 Å². The molecule has 0 bridgehead atoms. The molecule has 0 saturated carbocycles. The molecule has 0 aromatic heterocycles. The Morgan fingerprint density at radius 1 is 1.09 bits per heavy atom. The van der Waals surface area contributed by atoms with Gasteiger partial charge >= 0.3 is 0 Å². The van der Waals surface area contributed by atoms with E-state index in [0.29, 0.717) is 33.6 Å². The molecule has 1 amide bonds. The zero-order valence-electron chi connectivity index (χ0n) is 18.3. The van der Waals surface area contributed by atoms with Gasteiger partial charge in [0, 0.05) is 11.6 Å². The molecule has 0 spiro atoms. The molecular weight excluding hydrogens is 456 g/mol. The van der Waals surface area contributed by atoms with Gasteiger partial charge in [0.15, 0.2) is 23.0 Å². The number of nitriles is 1. The van der Waals surface area contributed by atoms with Crippen molar-refractivity contribution in [3.8, 4) is 29.1 Å². The number of nitrogens with one attached hydrogen (secondary N) is 1. The maximum absolute atomic E-state index is 12.6. The van der Waals surface area contributed by atoms with Gasteiger partial charge in [0.1, 0.15) is 18.2 Å². The lowest BCUT2D eigenvalue weighted by Crippen LogP contribution is -2.23. The van der Waals surface area contributed by atoms with Gasteiger partial charge in [-0.25, -0.2) is 0 Å². The van der Waals surface area contributed by atoms with Crippen molar-refractivity contribution in [3.05, 3.63) is 87.9 Å². The number of methoxy groups -OCH3 is 1. The number of amides is 1. The van der Waals surface area contributed by atoms with Crippen LogP contribution in [0.25, 0.3) is 6.08 Å². The van der Waals surface area contributed by atoms with Crippen LogP contribution in [0.5, 0.6) is 23.0 Å². The number of hydrogen-bond acceptors (Lipinski definition) is 6. The van der Waals surface area contributed by atoms with Crippen LogP contribution in [0.2, 0.25) is 5.02 Å². The van der Waals surface area contributed by atoms with Gasteiger partial charge in [-0.2, -0.15) is 5.26 Å². The molecule has 0 atom stereocenters. The van der Waals surface area contributed by atoms with E-state index < -0.39 is 5.91 Å². The highest BCUT2D eigenvalue weighted by molar-refractivity contribution is 6.30. The molecule has 4 rings (SSSR count). The Balaban J connectivity index is 1.45. The largest absolute Gasteiger partial charge is 0.493 e. The molecule has 3 aromatic rings. The van der Waals surface area contributed by atoms with E-state index in [2.05, 4.69) is 5.32 Å². The Morgan fingerprint density at radius 2 is 1.94 bits per heavy atom. The third-order valence-electron chi connectivity index (χ3n) is 5.04. The smallest absolute Gasteiger partial charge is 0.262 e. The Morgan fingerprint density at radius 3 is 2.74 bits per heavy atom. The van der Waals surface area contributed by atoms with Gasteiger partial charge in [0.25, 0.3) is 5.91 Å². The van der Waals surface area contributed by atoms with Crippen LogP contribution < -0.4 is 24.3 Å². The number of ether oxygens (including phenoxy) is 4. The molecule has 8 heteroatoms. The van der Waals surface area contributed by atoms with Gasteiger partial charge in [-0.1, -0.05) is 35.9 Å². The van der Waals surface area contributed by atoms with E-state index in [4.69, 9.17) is 30.5 Å². The maximum Gasteiger partial charge on any atom is 0.262 e. The number of carbonyl (C=O) groups excluding carboxylic acids is 1. The molecule has 0 radical (unpaired) electrons. The first-order valence-corrected chi connectivity index (χ1v) is 10.8. The molecule has 1 N–H and O–H groups in total. The van der Waals surface area contributed by atoms with Gasteiger partial charge in [-0.3, -0.25) is 4.79 Å². The number of fused-ring (bicyclic) bond motifs is 1. The van der Waals surface area contributed by atoms with Gasteiger partial charge in [0.2, 0.25) is 6.79 Å². The molecule has 0 unspecified atom stereocenters. The SMILES string of the molecule is COc1ccc(/C=C(\C#N)C(=O)NCc2ccc3c(c2)OCO3)cc1OCc1cccc(Cl)c1. The van der Waals surface area contributed by atoms with E-state index in [0.717, 1.165) is 11.1 Å². The van der Waals surface area contributed by atoms with Crippen molar-refractivity contribution in [2.75, 3.05) is 13.9 Å². The second kappa shape index (κ2) is 10.6. The lowest BCUT2D eigenvalue weighted by atomic mass is 10.1. The third kappa shape index (κ3) is 5.61. The lowest BCUT2D eigenvalue weighted by molar-refractivity contribution is -0.117. The molecule has 172 valence electrons. The summed E-state index contributed by atoms with van der Waals surface area (Å²) >= 11 is 6.03. The summed E-state index contributed by atoms with van der Waals surface area (Å²) in [6.45, 7) is 0.704. The zero-order valence-corrected chi connectivity index (χ0v) is 19.1. The van der Waals surface area contributed by atoms with Crippen molar-refractivity contribution < 1.29 is 23.7 Å². The molecule has 0 saturated heterocycles. The van der Waals surface area contributed by atoms with Crippen molar-refractivity contribution in [1.29, 1.82) is 5.26 Å². The highest BCUT2D eigenvalue weighted by Gasteiger charge is 2.15. The zero-order chi connectivity index (χ0) is 23.9. The van der Waals surface area contributed by atoms with E-state index in [1.165, 1.54) is 6.08 Å². The normalized spacial score (nSPS) is 12.1. The third-order valence-corrected chi connectivity index (χ3v) is 5.27. The van der Waals surface area contributed by atoms with Crippen LogP contribution in [0, 0.1) is 11.3 Å².